The smallest absolute Gasteiger partial charge is 0.0575 e. The normalized spacial score (nSPS) is 22.9. The molecule has 20 heavy (non-hydrogen) atoms. The second kappa shape index (κ2) is 8.46. The van der Waals surface area contributed by atoms with E-state index in [1.165, 1.54) is 56.1 Å². The SMILES string of the molecule is CCCCCCC1CCC(c2ccc(CC)cc2)CO1. The van der Waals surface area contributed by atoms with Crippen molar-refractivity contribution in [3.05, 3.63) is 35.4 Å². The van der Waals surface area contributed by atoms with Gasteiger partial charge in [0, 0.05) is 5.92 Å². The Balaban J connectivity index is 1.73. The second-order valence-corrected chi connectivity index (χ2v) is 6.17. The fourth-order valence-electron chi connectivity index (χ4n) is 3.12. The van der Waals surface area contributed by atoms with Crippen LogP contribution in [-0.4, -0.2) is 12.7 Å². The molecule has 1 aromatic carbocycles. The summed E-state index contributed by atoms with van der Waals surface area (Å²) in [7, 11) is 0. The second-order valence-electron chi connectivity index (χ2n) is 6.17. The first kappa shape index (κ1) is 15.6. The first-order valence-electron chi connectivity index (χ1n) is 8.54. The molecule has 0 saturated carbocycles. The molecular weight excluding hydrogens is 244 g/mol. The van der Waals surface area contributed by atoms with Crippen molar-refractivity contribution >= 4 is 0 Å². The topological polar surface area (TPSA) is 9.23 Å². The number of hydrogen-bond donors (Lipinski definition) is 0. The molecule has 0 radical (unpaired) electrons. The Morgan fingerprint density at radius 2 is 1.80 bits per heavy atom. The Morgan fingerprint density at radius 1 is 1.00 bits per heavy atom. The average molecular weight is 274 g/mol. The summed E-state index contributed by atoms with van der Waals surface area (Å²) >= 11 is 0. The summed E-state index contributed by atoms with van der Waals surface area (Å²) in [6, 6.07) is 9.14. The number of benzene rings is 1. The van der Waals surface area contributed by atoms with E-state index in [2.05, 4.69) is 38.1 Å². The first-order valence-corrected chi connectivity index (χ1v) is 8.54. The highest BCUT2D eigenvalue weighted by molar-refractivity contribution is 5.25. The maximum absolute atomic E-state index is 6.08. The number of unbranched alkanes of at least 4 members (excludes halogenated alkanes) is 3. The third-order valence-corrected chi connectivity index (χ3v) is 4.61. The third-order valence-electron chi connectivity index (χ3n) is 4.61. The number of rotatable bonds is 7. The van der Waals surface area contributed by atoms with E-state index in [9.17, 15) is 0 Å². The lowest BCUT2D eigenvalue weighted by molar-refractivity contribution is -0.00212. The Bertz CT molecular complexity index is 360. The first-order chi connectivity index (χ1) is 9.83. The molecule has 1 aromatic rings. The molecule has 1 fully saturated rings. The van der Waals surface area contributed by atoms with Crippen molar-refractivity contribution in [1.29, 1.82) is 0 Å². The van der Waals surface area contributed by atoms with Gasteiger partial charge in [-0.25, -0.2) is 0 Å². The third kappa shape index (κ3) is 4.63. The quantitative estimate of drug-likeness (QED) is 0.598. The van der Waals surface area contributed by atoms with E-state index in [-0.39, 0.29) is 0 Å². The lowest BCUT2D eigenvalue weighted by Gasteiger charge is -2.29. The van der Waals surface area contributed by atoms with Crippen molar-refractivity contribution in [2.75, 3.05) is 6.61 Å². The van der Waals surface area contributed by atoms with Crippen LogP contribution in [-0.2, 0) is 11.2 Å². The molecule has 2 rings (SSSR count). The molecule has 0 aliphatic carbocycles. The molecular formula is C19H30O. The van der Waals surface area contributed by atoms with E-state index in [1.807, 2.05) is 0 Å². The largest absolute Gasteiger partial charge is 0.378 e. The number of hydrogen-bond acceptors (Lipinski definition) is 1. The van der Waals surface area contributed by atoms with Gasteiger partial charge in [-0.1, -0.05) is 63.8 Å². The summed E-state index contributed by atoms with van der Waals surface area (Å²) in [4.78, 5) is 0. The fraction of sp³-hybridized carbons (Fsp3) is 0.684. The van der Waals surface area contributed by atoms with Crippen LogP contribution in [0, 0.1) is 0 Å². The fourth-order valence-corrected chi connectivity index (χ4v) is 3.12. The molecule has 1 heteroatoms. The van der Waals surface area contributed by atoms with Crippen LogP contribution in [0.1, 0.15) is 75.8 Å². The van der Waals surface area contributed by atoms with Gasteiger partial charge in [0.15, 0.2) is 0 Å². The van der Waals surface area contributed by atoms with Crippen LogP contribution >= 0.6 is 0 Å². The van der Waals surface area contributed by atoms with Gasteiger partial charge in [-0.3, -0.25) is 0 Å². The Kier molecular flexibility index (Phi) is 6.59. The molecule has 1 nitrogen and oxygen atoms in total. The zero-order chi connectivity index (χ0) is 14.2. The zero-order valence-corrected chi connectivity index (χ0v) is 13.2. The lowest BCUT2D eigenvalue weighted by atomic mass is 9.89. The van der Waals surface area contributed by atoms with E-state index in [0.717, 1.165) is 13.0 Å². The van der Waals surface area contributed by atoms with Gasteiger partial charge in [-0.15, -0.1) is 0 Å². The van der Waals surface area contributed by atoms with E-state index < -0.39 is 0 Å². The van der Waals surface area contributed by atoms with Crippen LogP contribution in [0.2, 0.25) is 0 Å². The predicted molar refractivity (Wildman–Crippen MR) is 86.3 cm³/mol. The van der Waals surface area contributed by atoms with Crippen LogP contribution in [0.5, 0.6) is 0 Å². The molecule has 1 aliphatic rings. The maximum Gasteiger partial charge on any atom is 0.0575 e. The summed E-state index contributed by atoms with van der Waals surface area (Å²) in [5.74, 6) is 0.618. The summed E-state index contributed by atoms with van der Waals surface area (Å²) < 4.78 is 6.08. The average Bonchev–Trinajstić information content (AvgIpc) is 2.52. The number of aryl methyl sites for hydroxylation is 1. The Morgan fingerprint density at radius 3 is 2.40 bits per heavy atom. The molecule has 1 heterocycles. The summed E-state index contributed by atoms with van der Waals surface area (Å²) in [6.07, 6.45) is 10.9. The predicted octanol–water partition coefficient (Wildman–Crippen LogP) is 5.48. The number of ether oxygens (including phenoxy) is 1. The molecule has 112 valence electrons. The van der Waals surface area contributed by atoms with Crippen molar-refractivity contribution in [3.8, 4) is 0 Å². The van der Waals surface area contributed by atoms with E-state index in [1.54, 1.807) is 0 Å². The molecule has 2 atom stereocenters. The van der Waals surface area contributed by atoms with Crippen LogP contribution in [0.15, 0.2) is 24.3 Å². The summed E-state index contributed by atoms with van der Waals surface area (Å²) in [6.45, 7) is 5.40. The zero-order valence-electron chi connectivity index (χ0n) is 13.2. The van der Waals surface area contributed by atoms with Gasteiger partial charge in [-0.05, 0) is 36.8 Å². The van der Waals surface area contributed by atoms with Crippen LogP contribution in [0.3, 0.4) is 0 Å². The van der Waals surface area contributed by atoms with Crippen molar-refractivity contribution in [2.45, 2.75) is 77.2 Å². The maximum atomic E-state index is 6.08. The van der Waals surface area contributed by atoms with E-state index in [4.69, 9.17) is 4.74 Å². The van der Waals surface area contributed by atoms with Crippen LogP contribution in [0.25, 0.3) is 0 Å². The van der Waals surface area contributed by atoms with Crippen molar-refractivity contribution in [1.82, 2.24) is 0 Å². The van der Waals surface area contributed by atoms with Crippen LogP contribution < -0.4 is 0 Å². The minimum Gasteiger partial charge on any atom is -0.378 e. The molecule has 0 amide bonds. The molecule has 0 aromatic heterocycles. The van der Waals surface area contributed by atoms with Crippen molar-refractivity contribution in [2.24, 2.45) is 0 Å². The van der Waals surface area contributed by atoms with Gasteiger partial charge in [0.25, 0.3) is 0 Å². The molecule has 0 bridgehead atoms. The van der Waals surface area contributed by atoms with Gasteiger partial charge in [0.2, 0.25) is 0 Å². The molecule has 2 unspecified atom stereocenters. The highest BCUT2D eigenvalue weighted by Crippen LogP contribution is 2.30. The lowest BCUT2D eigenvalue weighted by Crippen LogP contribution is -2.24. The molecule has 0 spiro atoms. The minimum atomic E-state index is 0.526. The Hall–Kier alpha value is -0.820. The summed E-state index contributed by atoms with van der Waals surface area (Å²) in [5, 5.41) is 0. The summed E-state index contributed by atoms with van der Waals surface area (Å²) in [5.41, 5.74) is 2.89. The minimum absolute atomic E-state index is 0.526. The van der Waals surface area contributed by atoms with Crippen molar-refractivity contribution in [3.63, 3.8) is 0 Å². The Labute approximate surface area is 124 Å². The van der Waals surface area contributed by atoms with Gasteiger partial charge >= 0.3 is 0 Å². The highest BCUT2D eigenvalue weighted by atomic mass is 16.5. The monoisotopic (exact) mass is 274 g/mol. The molecule has 1 saturated heterocycles. The van der Waals surface area contributed by atoms with Crippen LogP contribution in [0.4, 0.5) is 0 Å². The molecule has 0 N–H and O–H groups in total. The highest BCUT2D eigenvalue weighted by Gasteiger charge is 2.22. The molecule has 1 aliphatic heterocycles. The van der Waals surface area contributed by atoms with Gasteiger partial charge in [-0.2, -0.15) is 0 Å². The van der Waals surface area contributed by atoms with E-state index >= 15 is 0 Å². The van der Waals surface area contributed by atoms with Gasteiger partial charge in [0.1, 0.15) is 0 Å². The van der Waals surface area contributed by atoms with Gasteiger partial charge < -0.3 is 4.74 Å². The van der Waals surface area contributed by atoms with E-state index in [0.29, 0.717) is 12.0 Å². The van der Waals surface area contributed by atoms with Crippen molar-refractivity contribution < 1.29 is 4.74 Å². The standard InChI is InChI=1S/C19H30O/c1-3-5-6-7-8-19-14-13-18(15-20-19)17-11-9-16(4-2)10-12-17/h9-12,18-19H,3-8,13-15H2,1-2H3. The van der Waals surface area contributed by atoms with Gasteiger partial charge in [0.05, 0.1) is 12.7 Å².